The van der Waals surface area contributed by atoms with Gasteiger partial charge in [-0.3, -0.25) is 4.99 Å². The minimum absolute atomic E-state index is 0.155. The normalized spacial score (nSPS) is 34.9. The fourth-order valence-corrected chi connectivity index (χ4v) is 3.66. The minimum atomic E-state index is -0.155. The number of hydrogen-bond acceptors (Lipinski definition) is 5. The van der Waals surface area contributed by atoms with E-state index in [9.17, 15) is 0 Å². The molecular weight excluding hydrogens is 230 g/mol. The first kappa shape index (κ1) is 12.2. The van der Waals surface area contributed by atoms with Gasteiger partial charge in [0.05, 0.1) is 12.1 Å². The van der Waals surface area contributed by atoms with E-state index in [2.05, 4.69) is 15.2 Å². The molecule has 2 aliphatic heterocycles. The van der Waals surface area contributed by atoms with E-state index in [0.717, 1.165) is 18.9 Å². The molecule has 3 rings (SSSR count). The zero-order chi connectivity index (χ0) is 12.5. The van der Waals surface area contributed by atoms with Crippen LogP contribution >= 0.6 is 0 Å². The third-order valence-corrected chi connectivity index (χ3v) is 4.47. The predicted octanol–water partition coefficient (Wildman–Crippen LogP) is 0.950. The van der Waals surface area contributed by atoms with Gasteiger partial charge >= 0.3 is 0 Å². The number of aliphatic imine (C=N–C) groups is 1. The molecule has 0 bridgehead atoms. The molecule has 18 heavy (non-hydrogen) atoms. The van der Waals surface area contributed by atoms with E-state index in [1.807, 2.05) is 0 Å². The van der Waals surface area contributed by atoms with Crippen molar-refractivity contribution >= 4 is 5.96 Å². The number of guanidine groups is 1. The lowest BCUT2D eigenvalue weighted by Gasteiger charge is -2.40. The van der Waals surface area contributed by atoms with Gasteiger partial charge in [-0.2, -0.15) is 0 Å². The van der Waals surface area contributed by atoms with Gasteiger partial charge in [-0.25, -0.2) is 0 Å². The first-order chi connectivity index (χ1) is 8.85. The molecule has 0 spiro atoms. The molecule has 1 aliphatic carbocycles. The number of rotatable bonds is 3. The molecule has 3 aliphatic rings. The van der Waals surface area contributed by atoms with Crippen molar-refractivity contribution in [1.82, 2.24) is 10.2 Å². The second-order valence-electron chi connectivity index (χ2n) is 5.41. The summed E-state index contributed by atoms with van der Waals surface area (Å²) in [5.74, 6) is 1.07. The highest BCUT2D eigenvalue weighted by Crippen LogP contribution is 2.33. The lowest BCUT2D eigenvalue weighted by molar-refractivity contribution is -0.143. The molecule has 1 N–H and O–H groups in total. The van der Waals surface area contributed by atoms with Crippen LogP contribution in [0.5, 0.6) is 0 Å². The summed E-state index contributed by atoms with van der Waals surface area (Å²) >= 11 is 0. The monoisotopic (exact) mass is 253 g/mol. The standard InChI is InChI=1S/C13H23N3O2/c1-17-12(18-2)11-7-8-14-13-15-9-5-3-4-6-10(9)16(11)13/h9-12H,3-8H2,1-2H3,(H,14,15). The van der Waals surface area contributed by atoms with Gasteiger partial charge < -0.3 is 19.7 Å². The van der Waals surface area contributed by atoms with Crippen LogP contribution in [0.1, 0.15) is 32.1 Å². The molecular formula is C13H23N3O2. The Morgan fingerprint density at radius 1 is 1.22 bits per heavy atom. The van der Waals surface area contributed by atoms with Crippen LogP contribution in [-0.2, 0) is 9.47 Å². The predicted molar refractivity (Wildman–Crippen MR) is 69.5 cm³/mol. The average Bonchev–Trinajstić information content (AvgIpc) is 2.79. The number of hydrogen-bond donors (Lipinski definition) is 1. The van der Waals surface area contributed by atoms with Crippen molar-refractivity contribution in [2.75, 3.05) is 20.8 Å². The third-order valence-electron chi connectivity index (χ3n) is 4.47. The molecule has 0 amide bonds. The lowest BCUT2D eigenvalue weighted by atomic mass is 9.90. The van der Waals surface area contributed by atoms with Crippen molar-refractivity contribution in [3.05, 3.63) is 0 Å². The average molecular weight is 253 g/mol. The second-order valence-corrected chi connectivity index (χ2v) is 5.41. The van der Waals surface area contributed by atoms with Crippen molar-refractivity contribution < 1.29 is 9.47 Å². The number of fused-ring (bicyclic) bond motifs is 3. The van der Waals surface area contributed by atoms with Crippen molar-refractivity contribution in [2.45, 2.75) is 56.5 Å². The molecule has 2 fully saturated rings. The third kappa shape index (κ3) is 1.89. The van der Waals surface area contributed by atoms with E-state index in [4.69, 9.17) is 9.47 Å². The first-order valence-electron chi connectivity index (χ1n) is 7.00. The highest BCUT2D eigenvalue weighted by molar-refractivity contribution is 5.84. The van der Waals surface area contributed by atoms with E-state index < -0.39 is 0 Å². The van der Waals surface area contributed by atoms with Gasteiger partial charge in [-0.05, 0) is 19.3 Å². The quantitative estimate of drug-likeness (QED) is 0.761. The molecule has 0 aromatic carbocycles. The summed E-state index contributed by atoms with van der Waals surface area (Å²) in [6, 6.07) is 1.45. The summed E-state index contributed by atoms with van der Waals surface area (Å²) in [5, 5.41) is 3.59. The van der Waals surface area contributed by atoms with Crippen LogP contribution in [0.2, 0.25) is 0 Å². The Bertz CT molecular complexity index is 330. The smallest absolute Gasteiger partial charge is 0.194 e. The maximum absolute atomic E-state index is 5.48. The second kappa shape index (κ2) is 5.05. The molecule has 5 nitrogen and oxygen atoms in total. The zero-order valence-corrected chi connectivity index (χ0v) is 11.3. The van der Waals surface area contributed by atoms with Crippen LogP contribution in [0.3, 0.4) is 0 Å². The van der Waals surface area contributed by atoms with E-state index >= 15 is 0 Å². The molecule has 3 unspecified atom stereocenters. The molecule has 1 saturated carbocycles. The SMILES string of the molecule is COC(OC)C1CCN=C2NC3CCCCC3N21. The van der Waals surface area contributed by atoms with Crippen molar-refractivity contribution in [1.29, 1.82) is 0 Å². The maximum Gasteiger partial charge on any atom is 0.194 e. The topological polar surface area (TPSA) is 46.1 Å². The summed E-state index contributed by atoms with van der Waals surface area (Å²) in [7, 11) is 3.45. The van der Waals surface area contributed by atoms with Crippen LogP contribution in [-0.4, -0.2) is 56.0 Å². The molecule has 2 heterocycles. The number of ether oxygens (including phenoxy) is 2. The zero-order valence-electron chi connectivity index (χ0n) is 11.3. The Morgan fingerprint density at radius 2 is 2.00 bits per heavy atom. The fourth-order valence-electron chi connectivity index (χ4n) is 3.66. The van der Waals surface area contributed by atoms with Crippen LogP contribution in [0, 0.1) is 0 Å². The summed E-state index contributed by atoms with van der Waals surface area (Å²) < 4.78 is 11.0. The molecule has 0 aromatic rings. The van der Waals surface area contributed by atoms with E-state index in [1.54, 1.807) is 14.2 Å². The van der Waals surface area contributed by atoms with Crippen LogP contribution in [0.4, 0.5) is 0 Å². The highest BCUT2D eigenvalue weighted by Gasteiger charge is 2.46. The lowest BCUT2D eigenvalue weighted by Crippen LogP contribution is -2.53. The van der Waals surface area contributed by atoms with Crippen molar-refractivity contribution in [3.63, 3.8) is 0 Å². The Hall–Kier alpha value is -0.810. The summed E-state index contributed by atoms with van der Waals surface area (Å²) in [5.41, 5.74) is 0. The van der Waals surface area contributed by atoms with E-state index in [-0.39, 0.29) is 6.29 Å². The number of methoxy groups -OCH3 is 2. The van der Waals surface area contributed by atoms with E-state index in [0.29, 0.717) is 18.1 Å². The highest BCUT2D eigenvalue weighted by atomic mass is 16.7. The fraction of sp³-hybridized carbons (Fsp3) is 0.923. The Labute approximate surface area is 109 Å². The Balaban J connectivity index is 1.83. The van der Waals surface area contributed by atoms with Crippen LogP contribution in [0.25, 0.3) is 0 Å². The van der Waals surface area contributed by atoms with Gasteiger partial charge in [0.1, 0.15) is 0 Å². The Kier molecular flexibility index (Phi) is 3.43. The molecule has 0 radical (unpaired) electrons. The van der Waals surface area contributed by atoms with Crippen molar-refractivity contribution in [2.24, 2.45) is 4.99 Å². The van der Waals surface area contributed by atoms with Crippen LogP contribution in [0.15, 0.2) is 4.99 Å². The largest absolute Gasteiger partial charge is 0.354 e. The molecule has 0 aromatic heterocycles. The molecule has 3 atom stereocenters. The molecule has 5 heteroatoms. The van der Waals surface area contributed by atoms with Crippen LogP contribution < -0.4 is 5.32 Å². The van der Waals surface area contributed by atoms with Gasteiger partial charge in [0.25, 0.3) is 0 Å². The molecule has 1 saturated heterocycles. The van der Waals surface area contributed by atoms with Gasteiger partial charge in [0.15, 0.2) is 12.2 Å². The number of nitrogens with one attached hydrogen (secondary N) is 1. The Morgan fingerprint density at radius 3 is 2.78 bits per heavy atom. The minimum Gasteiger partial charge on any atom is -0.354 e. The van der Waals surface area contributed by atoms with Gasteiger partial charge in [-0.15, -0.1) is 0 Å². The molecule has 102 valence electrons. The maximum atomic E-state index is 5.48. The van der Waals surface area contributed by atoms with Gasteiger partial charge in [0.2, 0.25) is 0 Å². The van der Waals surface area contributed by atoms with Gasteiger partial charge in [0, 0.05) is 26.8 Å². The van der Waals surface area contributed by atoms with Crippen molar-refractivity contribution in [3.8, 4) is 0 Å². The summed E-state index contributed by atoms with van der Waals surface area (Å²) in [6.07, 6.45) is 6.03. The summed E-state index contributed by atoms with van der Waals surface area (Å²) in [6.45, 7) is 0.867. The first-order valence-corrected chi connectivity index (χ1v) is 7.00. The summed E-state index contributed by atoms with van der Waals surface area (Å²) in [4.78, 5) is 7.07. The van der Waals surface area contributed by atoms with Gasteiger partial charge in [-0.1, -0.05) is 12.8 Å². The number of nitrogens with zero attached hydrogens (tertiary/aromatic N) is 2. The van der Waals surface area contributed by atoms with E-state index in [1.165, 1.54) is 25.7 Å².